The maximum Gasteiger partial charge on any atom is 0.178 e. The minimum atomic E-state index is -3.24. The van der Waals surface area contributed by atoms with Crippen LogP contribution in [0.3, 0.4) is 0 Å². The molecule has 0 aliphatic rings. The largest absolute Gasteiger partial charge is 0.299 e. The quantitative estimate of drug-likeness (QED) is 0.772. The Bertz CT molecular complexity index is 559. The van der Waals surface area contributed by atoms with Gasteiger partial charge in [-0.2, -0.15) is 0 Å². The molecule has 0 heterocycles. The summed E-state index contributed by atoms with van der Waals surface area (Å²) in [5, 5.41) is 0. The molecule has 0 N–H and O–H groups in total. The number of carbonyl (C=O) groups is 1. The summed E-state index contributed by atoms with van der Waals surface area (Å²) < 4.78 is 24.3. The molecule has 0 radical (unpaired) electrons. The third-order valence-electron chi connectivity index (χ3n) is 3.41. The van der Waals surface area contributed by atoms with Gasteiger partial charge in [-0.15, -0.1) is 0 Å². The van der Waals surface area contributed by atoms with Crippen LogP contribution in [0.25, 0.3) is 0 Å². The number of benzene rings is 1. The van der Waals surface area contributed by atoms with E-state index in [9.17, 15) is 13.2 Å². The molecule has 0 aliphatic carbocycles. The number of carbonyl (C=O) groups excluding carboxylic acids is 1. The molecular weight excluding hydrogens is 272 g/mol. The maximum absolute atomic E-state index is 12.1. The zero-order chi connectivity index (χ0) is 15.3. The van der Waals surface area contributed by atoms with E-state index in [2.05, 4.69) is 0 Å². The molecule has 0 fully saturated rings. The van der Waals surface area contributed by atoms with Gasteiger partial charge < -0.3 is 0 Å². The topological polar surface area (TPSA) is 51.2 Å². The molecule has 1 atom stereocenters. The molecule has 1 unspecified atom stereocenters. The number of sulfone groups is 1. The summed E-state index contributed by atoms with van der Waals surface area (Å²) in [4.78, 5) is 12.4. The van der Waals surface area contributed by atoms with E-state index in [0.29, 0.717) is 17.7 Å². The number of ketones is 1. The second-order valence-corrected chi connectivity index (χ2v) is 7.54. The molecule has 0 spiro atoms. The molecule has 1 rings (SSSR count). The van der Waals surface area contributed by atoms with Crippen LogP contribution >= 0.6 is 0 Å². The first-order valence-corrected chi connectivity index (χ1v) is 8.84. The van der Waals surface area contributed by atoms with Gasteiger partial charge in [-0.1, -0.05) is 39.8 Å². The maximum atomic E-state index is 12.1. The lowest BCUT2D eigenvalue weighted by Crippen LogP contribution is -2.18. The Morgan fingerprint density at radius 2 is 1.85 bits per heavy atom. The van der Waals surface area contributed by atoms with Gasteiger partial charge in [0.1, 0.15) is 5.78 Å². The molecule has 0 amide bonds. The van der Waals surface area contributed by atoms with Crippen molar-refractivity contribution in [2.24, 2.45) is 5.92 Å². The molecule has 0 aliphatic heterocycles. The first-order chi connectivity index (χ1) is 9.33. The highest BCUT2D eigenvalue weighted by Crippen LogP contribution is 2.28. The minimum absolute atomic E-state index is 0.143. The fraction of sp³-hybridized carbons (Fsp3) is 0.562. The van der Waals surface area contributed by atoms with Crippen molar-refractivity contribution in [1.82, 2.24) is 0 Å². The van der Waals surface area contributed by atoms with Crippen molar-refractivity contribution < 1.29 is 13.2 Å². The van der Waals surface area contributed by atoms with Crippen molar-refractivity contribution in [3.05, 3.63) is 29.8 Å². The zero-order valence-electron chi connectivity index (χ0n) is 12.7. The van der Waals surface area contributed by atoms with E-state index in [1.54, 1.807) is 18.2 Å². The molecule has 0 bridgehead atoms. The van der Waals surface area contributed by atoms with E-state index in [0.717, 1.165) is 5.56 Å². The van der Waals surface area contributed by atoms with Crippen molar-refractivity contribution in [2.45, 2.75) is 51.3 Å². The lowest BCUT2D eigenvalue weighted by molar-refractivity contribution is -0.121. The van der Waals surface area contributed by atoms with Crippen LogP contribution in [0.4, 0.5) is 0 Å². The molecule has 20 heavy (non-hydrogen) atoms. The number of rotatable bonds is 7. The van der Waals surface area contributed by atoms with E-state index < -0.39 is 9.84 Å². The first-order valence-electron chi connectivity index (χ1n) is 7.18. The number of Topliss-reactive ketones (excluding diaryl/α,β-unsaturated/α-hetero) is 1. The predicted octanol–water partition coefficient (Wildman–Crippen LogP) is 3.59. The Labute approximate surface area is 122 Å². The molecule has 0 aromatic heterocycles. The summed E-state index contributed by atoms with van der Waals surface area (Å²) in [5.74, 6) is 0.234. The second-order valence-electron chi connectivity index (χ2n) is 5.43. The van der Waals surface area contributed by atoms with Crippen molar-refractivity contribution in [2.75, 3.05) is 5.75 Å². The van der Waals surface area contributed by atoms with Crippen molar-refractivity contribution in [3.8, 4) is 0 Å². The van der Waals surface area contributed by atoms with Crippen molar-refractivity contribution in [3.63, 3.8) is 0 Å². The molecule has 1 aromatic carbocycles. The summed E-state index contributed by atoms with van der Waals surface area (Å²) in [6.45, 7) is 7.67. The standard InChI is InChI=1S/C16H24O3S/c1-5-10-20(18,19)14-9-7-8-13(11-14)16(12(3)4)15(17)6-2/h7-9,11-12,16H,5-6,10H2,1-4H3. The Morgan fingerprint density at radius 3 is 2.35 bits per heavy atom. The lowest BCUT2D eigenvalue weighted by Gasteiger charge is -2.20. The summed E-state index contributed by atoms with van der Waals surface area (Å²) in [7, 11) is -3.24. The monoisotopic (exact) mass is 296 g/mol. The summed E-state index contributed by atoms with van der Waals surface area (Å²) in [5.41, 5.74) is 0.809. The third-order valence-corrected chi connectivity index (χ3v) is 5.33. The molecule has 0 saturated carbocycles. The Kier molecular flexibility index (Phi) is 5.93. The van der Waals surface area contributed by atoms with Gasteiger partial charge in [-0.05, 0) is 30.0 Å². The minimum Gasteiger partial charge on any atom is -0.299 e. The number of hydrogen-bond acceptors (Lipinski definition) is 3. The number of hydrogen-bond donors (Lipinski definition) is 0. The van der Waals surface area contributed by atoms with E-state index >= 15 is 0 Å². The molecule has 0 saturated heterocycles. The smallest absolute Gasteiger partial charge is 0.178 e. The van der Waals surface area contributed by atoms with E-state index in [1.165, 1.54) is 0 Å². The summed E-state index contributed by atoms with van der Waals surface area (Å²) in [6, 6.07) is 6.87. The van der Waals surface area contributed by atoms with Crippen LogP contribution in [-0.2, 0) is 14.6 Å². The van der Waals surface area contributed by atoms with Crippen LogP contribution in [0, 0.1) is 5.92 Å². The summed E-state index contributed by atoms with van der Waals surface area (Å²) in [6.07, 6.45) is 1.06. The highest BCUT2D eigenvalue weighted by Gasteiger charge is 2.24. The first kappa shape index (κ1) is 16.9. The Morgan fingerprint density at radius 1 is 1.20 bits per heavy atom. The fourth-order valence-corrected chi connectivity index (χ4v) is 3.83. The van der Waals surface area contributed by atoms with Gasteiger partial charge in [-0.25, -0.2) is 8.42 Å². The van der Waals surface area contributed by atoms with Crippen LogP contribution < -0.4 is 0 Å². The van der Waals surface area contributed by atoms with Gasteiger partial charge in [-0.3, -0.25) is 4.79 Å². The average molecular weight is 296 g/mol. The third kappa shape index (κ3) is 3.92. The highest BCUT2D eigenvalue weighted by molar-refractivity contribution is 7.91. The lowest BCUT2D eigenvalue weighted by atomic mass is 9.84. The molecule has 1 aromatic rings. The summed E-state index contributed by atoms with van der Waals surface area (Å²) >= 11 is 0. The van der Waals surface area contributed by atoms with Gasteiger partial charge in [0.05, 0.1) is 10.6 Å². The van der Waals surface area contributed by atoms with Gasteiger partial charge in [0.25, 0.3) is 0 Å². The molecule has 3 nitrogen and oxygen atoms in total. The molecule has 112 valence electrons. The normalized spacial score (nSPS) is 13.4. The van der Waals surface area contributed by atoms with E-state index in [1.807, 2.05) is 33.8 Å². The van der Waals surface area contributed by atoms with Gasteiger partial charge in [0.15, 0.2) is 9.84 Å². The van der Waals surface area contributed by atoms with E-state index in [4.69, 9.17) is 0 Å². The predicted molar refractivity (Wildman–Crippen MR) is 81.7 cm³/mol. The zero-order valence-corrected chi connectivity index (χ0v) is 13.5. The van der Waals surface area contributed by atoms with Crippen molar-refractivity contribution >= 4 is 15.6 Å². The van der Waals surface area contributed by atoms with Crippen molar-refractivity contribution in [1.29, 1.82) is 0 Å². The van der Waals surface area contributed by atoms with Crippen LogP contribution in [-0.4, -0.2) is 20.0 Å². The molecule has 4 heteroatoms. The fourth-order valence-electron chi connectivity index (χ4n) is 2.45. The van der Waals surface area contributed by atoms with Gasteiger partial charge >= 0.3 is 0 Å². The van der Waals surface area contributed by atoms with Gasteiger partial charge in [0.2, 0.25) is 0 Å². The molecular formula is C16H24O3S. The van der Waals surface area contributed by atoms with Crippen LogP contribution in [0.5, 0.6) is 0 Å². The Balaban J connectivity index is 3.24. The van der Waals surface area contributed by atoms with Crippen LogP contribution in [0.2, 0.25) is 0 Å². The Hall–Kier alpha value is -1.16. The van der Waals surface area contributed by atoms with Crippen LogP contribution in [0.1, 0.15) is 52.0 Å². The van der Waals surface area contributed by atoms with Crippen LogP contribution in [0.15, 0.2) is 29.2 Å². The highest BCUT2D eigenvalue weighted by atomic mass is 32.2. The average Bonchev–Trinajstić information content (AvgIpc) is 2.38. The van der Waals surface area contributed by atoms with Gasteiger partial charge in [0, 0.05) is 12.3 Å². The van der Waals surface area contributed by atoms with E-state index in [-0.39, 0.29) is 23.4 Å². The SMILES string of the molecule is CCCS(=O)(=O)c1cccc(C(C(=O)CC)C(C)C)c1. The second kappa shape index (κ2) is 7.02.